The molecule has 1 aliphatic heterocycles. The number of hydrogen-bond acceptors (Lipinski definition) is 5. The highest BCUT2D eigenvalue weighted by molar-refractivity contribution is 7.22. The van der Waals surface area contributed by atoms with Crippen molar-refractivity contribution in [2.24, 2.45) is 0 Å². The van der Waals surface area contributed by atoms with Gasteiger partial charge in [-0.1, -0.05) is 30.3 Å². The van der Waals surface area contributed by atoms with Gasteiger partial charge in [-0.2, -0.15) is 0 Å². The molecule has 2 N–H and O–H groups in total. The fourth-order valence-electron chi connectivity index (χ4n) is 3.89. The Balaban J connectivity index is 1.41. The Bertz CT molecular complexity index is 1130. The highest BCUT2D eigenvalue weighted by Crippen LogP contribution is 2.37. The van der Waals surface area contributed by atoms with E-state index in [1.165, 1.54) is 41.9 Å². The van der Waals surface area contributed by atoms with E-state index in [2.05, 4.69) is 45.5 Å². The molecule has 146 valence electrons. The van der Waals surface area contributed by atoms with Crippen molar-refractivity contribution in [1.82, 2.24) is 9.88 Å². The zero-order valence-corrected chi connectivity index (χ0v) is 17.0. The van der Waals surface area contributed by atoms with Crippen molar-refractivity contribution < 1.29 is 5.11 Å². The smallest absolute Gasteiger partial charge is 0.117 e. The third kappa shape index (κ3) is 3.97. The van der Waals surface area contributed by atoms with Crippen molar-refractivity contribution in [1.29, 1.82) is 0 Å². The Hall–Kier alpha value is -2.89. The van der Waals surface area contributed by atoms with Crippen molar-refractivity contribution in [3.8, 4) is 16.2 Å². The second kappa shape index (κ2) is 7.85. The Labute approximate surface area is 174 Å². The van der Waals surface area contributed by atoms with E-state index in [9.17, 15) is 5.11 Å². The maximum Gasteiger partial charge on any atom is 0.117 e. The van der Waals surface area contributed by atoms with E-state index in [0.29, 0.717) is 0 Å². The number of thiophene rings is 1. The summed E-state index contributed by atoms with van der Waals surface area (Å²) in [7, 11) is 0. The summed E-state index contributed by atoms with van der Waals surface area (Å²) in [5.41, 5.74) is 5.44. The predicted octanol–water partition coefficient (Wildman–Crippen LogP) is 6.01. The minimum atomic E-state index is 0.251. The molecule has 1 fully saturated rings. The minimum Gasteiger partial charge on any atom is -0.508 e. The summed E-state index contributed by atoms with van der Waals surface area (Å²) in [4.78, 5) is 8.29. The Morgan fingerprint density at radius 2 is 1.83 bits per heavy atom. The molecule has 1 saturated heterocycles. The van der Waals surface area contributed by atoms with E-state index in [-0.39, 0.29) is 5.75 Å². The second-order valence-electron chi connectivity index (χ2n) is 7.54. The third-order valence-electron chi connectivity index (χ3n) is 5.38. The lowest BCUT2D eigenvalue weighted by Crippen LogP contribution is -2.18. The SMILES string of the molecule is Oc1cccc(Nc2ccnc3cc(-c4ccc(CN5CCCC5)cc4)sc23)c1. The summed E-state index contributed by atoms with van der Waals surface area (Å²) >= 11 is 1.74. The van der Waals surface area contributed by atoms with Crippen LogP contribution in [-0.4, -0.2) is 28.1 Å². The minimum absolute atomic E-state index is 0.251. The molecule has 2 aromatic heterocycles. The fourth-order valence-corrected chi connectivity index (χ4v) is 4.98. The van der Waals surface area contributed by atoms with Crippen LogP contribution in [0, 0.1) is 0 Å². The first-order chi connectivity index (χ1) is 14.2. The van der Waals surface area contributed by atoms with Crippen LogP contribution in [0.15, 0.2) is 66.9 Å². The molecule has 0 bridgehead atoms. The molecule has 2 aromatic carbocycles. The quantitative estimate of drug-likeness (QED) is 0.430. The Kier molecular flexibility index (Phi) is 4.92. The van der Waals surface area contributed by atoms with Gasteiger partial charge in [-0.05, 0) is 61.3 Å². The Morgan fingerprint density at radius 3 is 2.62 bits per heavy atom. The molecule has 0 amide bonds. The number of benzene rings is 2. The van der Waals surface area contributed by atoms with Gasteiger partial charge in [0, 0.05) is 29.4 Å². The molecule has 5 heteroatoms. The number of phenolic OH excluding ortho intramolecular Hbond substituents is 1. The van der Waals surface area contributed by atoms with Gasteiger partial charge in [0.15, 0.2) is 0 Å². The maximum atomic E-state index is 9.72. The molecule has 0 aliphatic carbocycles. The van der Waals surface area contributed by atoms with Crippen LogP contribution >= 0.6 is 11.3 Å². The molecule has 0 atom stereocenters. The average Bonchev–Trinajstić information content (AvgIpc) is 3.39. The molecule has 3 heterocycles. The van der Waals surface area contributed by atoms with Gasteiger partial charge in [-0.15, -0.1) is 11.3 Å². The summed E-state index contributed by atoms with van der Waals surface area (Å²) in [5.74, 6) is 0.251. The number of likely N-dealkylation sites (tertiary alicyclic amines) is 1. The first-order valence-electron chi connectivity index (χ1n) is 10.0. The van der Waals surface area contributed by atoms with E-state index < -0.39 is 0 Å². The fraction of sp³-hybridized carbons (Fsp3) is 0.208. The van der Waals surface area contributed by atoms with Crippen LogP contribution in [-0.2, 0) is 6.54 Å². The van der Waals surface area contributed by atoms with E-state index in [1.54, 1.807) is 23.5 Å². The first-order valence-corrected chi connectivity index (χ1v) is 10.8. The zero-order chi connectivity index (χ0) is 19.6. The second-order valence-corrected chi connectivity index (χ2v) is 8.59. The van der Waals surface area contributed by atoms with Crippen molar-refractivity contribution >= 4 is 32.9 Å². The standard InChI is InChI=1S/C24H23N3OS/c28-20-5-3-4-19(14-20)26-21-10-11-25-22-15-23(29-24(21)22)18-8-6-17(7-9-18)16-27-12-1-2-13-27/h3-11,14-15,28H,1-2,12-13,16H2,(H,25,26). The van der Waals surface area contributed by atoms with Crippen LogP contribution in [0.25, 0.3) is 20.7 Å². The number of aromatic nitrogens is 1. The summed E-state index contributed by atoms with van der Waals surface area (Å²) in [6.07, 6.45) is 4.47. The maximum absolute atomic E-state index is 9.72. The van der Waals surface area contributed by atoms with Crippen molar-refractivity contribution in [2.45, 2.75) is 19.4 Å². The van der Waals surface area contributed by atoms with E-state index in [4.69, 9.17) is 0 Å². The number of rotatable bonds is 5. The van der Waals surface area contributed by atoms with Crippen molar-refractivity contribution in [3.63, 3.8) is 0 Å². The highest BCUT2D eigenvalue weighted by atomic mass is 32.1. The van der Waals surface area contributed by atoms with Crippen molar-refractivity contribution in [2.75, 3.05) is 18.4 Å². The zero-order valence-electron chi connectivity index (χ0n) is 16.1. The van der Waals surface area contributed by atoms with Gasteiger partial charge in [0.2, 0.25) is 0 Å². The summed E-state index contributed by atoms with van der Waals surface area (Å²) in [5, 5.41) is 13.1. The lowest BCUT2D eigenvalue weighted by atomic mass is 10.1. The van der Waals surface area contributed by atoms with Crippen LogP contribution in [0.2, 0.25) is 0 Å². The van der Waals surface area contributed by atoms with Gasteiger partial charge in [0.05, 0.1) is 15.9 Å². The van der Waals surface area contributed by atoms with Crippen LogP contribution in [0.1, 0.15) is 18.4 Å². The molecule has 1 aliphatic rings. The van der Waals surface area contributed by atoms with Gasteiger partial charge in [-0.3, -0.25) is 9.88 Å². The van der Waals surface area contributed by atoms with Crippen LogP contribution in [0.4, 0.5) is 11.4 Å². The molecular weight excluding hydrogens is 378 g/mol. The number of pyridine rings is 1. The summed E-state index contributed by atoms with van der Waals surface area (Å²) in [6, 6.07) is 20.2. The van der Waals surface area contributed by atoms with Gasteiger partial charge < -0.3 is 10.4 Å². The number of aromatic hydroxyl groups is 1. The molecule has 29 heavy (non-hydrogen) atoms. The van der Waals surface area contributed by atoms with Crippen LogP contribution in [0.3, 0.4) is 0 Å². The molecule has 5 rings (SSSR count). The van der Waals surface area contributed by atoms with Crippen molar-refractivity contribution in [3.05, 3.63) is 72.4 Å². The van der Waals surface area contributed by atoms with Crippen LogP contribution in [0.5, 0.6) is 5.75 Å². The van der Waals surface area contributed by atoms with Crippen LogP contribution < -0.4 is 5.32 Å². The van der Waals surface area contributed by atoms with Gasteiger partial charge in [0.1, 0.15) is 5.75 Å². The summed E-state index contributed by atoms with van der Waals surface area (Å²) < 4.78 is 1.12. The molecule has 4 nitrogen and oxygen atoms in total. The summed E-state index contributed by atoms with van der Waals surface area (Å²) in [6.45, 7) is 3.49. The van der Waals surface area contributed by atoms with E-state index >= 15 is 0 Å². The molecule has 0 spiro atoms. The lowest BCUT2D eigenvalue weighted by molar-refractivity contribution is 0.331. The first kappa shape index (κ1) is 18.2. The number of phenols is 1. The third-order valence-corrected chi connectivity index (χ3v) is 6.59. The largest absolute Gasteiger partial charge is 0.508 e. The number of nitrogens with one attached hydrogen (secondary N) is 1. The monoisotopic (exact) mass is 401 g/mol. The molecule has 0 radical (unpaired) electrons. The normalized spacial score (nSPS) is 14.5. The van der Waals surface area contributed by atoms with Gasteiger partial charge in [-0.25, -0.2) is 0 Å². The Morgan fingerprint density at radius 1 is 1.00 bits per heavy atom. The van der Waals surface area contributed by atoms with Gasteiger partial charge in [0.25, 0.3) is 0 Å². The lowest BCUT2D eigenvalue weighted by Gasteiger charge is -2.14. The molecule has 4 aromatic rings. The number of fused-ring (bicyclic) bond motifs is 1. The topological polar surface area (TPSA) is 48.4 Å². The average molecular weight is 402 g/mol. The molecule has 0 saturated carbocycles. The molecule has 0 unspecified atom stereocenters. The number of anilines is 2. The highest BCUT2D eigenvalue weighted by Gasteiger charge is 2.13. The molecular formula is C24H23N3OS. The predicted molar refractivity (Wildman–Crippen MR) is 121 cm³/mol. The van der Waals surface area contributed by atoms with E-state index in [0.717, 1.165) is 28.1 Å². The van der Waals surface area contributed by atoms with E-state index in [1.807, 2.05) is 24.4 Å². The van der Waals surface area contributed by atoms with Gasteiger partial charge >= 0.3 is 0 Å². The number of hydrogen-bond donors (Lipinski definition) is 2. The number of nitrogens with zero attached hydrogens (tertiary/aromatic N) is 2.